The third kappa shape index (κ3) is 5.84. The second kappa shape index (κ2) is 7.19. The van der Waals surface area contributed by atoms with Crippen molar-refractivity contribution in [1.82, 2.24) is 0 Å². The summed E-state index contributed by atoms with van der Waals surface area (Å²) in [7, 11) is 0. The molecular weight excluding hydrogens is 311 g/mol. The fourth-order valence-corrected chi connectivity index (χ4v) is 9.91. The Bertz CT molecular complexity index is 164. The van der Waals surface area contributed by atoms with Crippen LogP contribution >= 0.6 is 0 Å². The zero-order chi connectivity index (χ0) is 12.9. The molecule has 0 fully saturated rings. The Morgan fingerprint density at radius 2 is 0.812 bits per heavy atom. The Labute approximate surface area is 106 Å². The van der Waals surface area contributed by atoms with Gasteiger partial charge in [0.15, 0.2) is 0 Å². The first-order valence-electron chi connectivity index (χ1n) is 6.23. The summed E-state index contributed by atoms with van der Waals surface area (Å²) < 4.78 is 18.6. The van der Waals surface area contributed by atoms with Gasteiger partial charge in [-0.15, -0.1) is 0 Å². The Hall–Kier alpha value is 0.679. The minimum atomic E-state index is -3.40. The molecule has 0 aromatic carbocycles. The maximum absolute atomic E-state index is 6.09. The molecule has 0 rings (SSSR count). The van der Waals surface area contributed by atoms with Crippen molar-refractivity contribution in [3.05, 3.63) is 0 Å². The zero-order valence-corrected chi connectivity index (χ0v) is 14.9. The standard InChI is InChI=1S/3C3H7O.C3H7.Sn/c3*1-3(2)4;1-3-2;/h3*3H,1-2H3;3H,1-2H3;/q3*-1;;+3. The zero-order valence-electron chi connectivity index (χ0n) is 12.0. The van der Waals surface area contributed by atoms with Gasteiger partial charge in [0.05, 0.1) is 0 Å². The Kier molecular flexibility index (Phi) is 7.49. The fourth-order valence-electron chi connectivity index (χ4n) is 1.48. The molecule has 0 aliphatic carbocycles. The molecule has 0 amide bonds. The van der Waals surface area contributed by atoms with Gasteiger partial charge >= 0.3 is 106 Å². The topological polar surface area (TPSA) is 27.7 Å². The van der Waals surface area contributed by atoms with E-state index >= 15 is 0 Å². The molecule has 0 atom stereocenters. The van der Waals surface area contributed by atoms with Crippen LogP contribution in [0.4, 0.5) is 0 Å². The van der Waals surface area contributed by atoms with Crippen molar-refractivity contribution in [3.8, 4) is 0 Å². The van der Waals surface area contributed by atoms with Crippen molar-refractivity contribution < 1.29 is 9.22 Å². The van der Waals surface area contributed by atoms with Gasteiger partial charge in [-0.3, -0.25) is 0 Å². The second-order valence-electron chi connectivity index (χ2n) is 5.26. The van der Waals surface area contributed by atoms with Crippen LogP contribution in [0, 0.1) is 0 Å². The van der Waals surface area contributed by atoms with E-state index < -0.39 is 19.6 Å². The van der Waals surface area contributed by atoms with Crippen molar-refractivity contribution in [2.75, 3.05) is 0 Å². The van der Waals surface area contributed by atoms with E-state index in [1.54, 1.807) is 0 Å². The van der Waals surface area contributed by atoms with Gasteiger partial charge in [-0.2, -0.15) is 0 Å². The molecule has 0 saturated carbocycles. The minimum absolute atomic E-state index is 0.163. The molecule has 0 aliphatic heterocycles. The predicted molar refractivity (Wildman–Crippen MR) is 69.5 cm³/mol. The molecule has 4 heteroatoms. The van der Waals surface area contributed by atoms with Crippen LogP contribution < -0.4 is 0 Å². The molecule has 0 unspecified atom stereocenters. The Morgan fingerprint density at radius 1 is 0.562 bits per heavy atom. The van der Waals surface area contributed by atoms with Gasteiger partial charge in [0.25, 0.3) is 0 Å². The number of hydrogen-bond donors (Lipinski definition) is 0. The van der Waals surface area contributed by atoms with E-state index in [2.05, 4.69) is 13.8 Å². The summed E-state index contributed by atoms with van der Waals surface area (Å²) in [5.41, 5.74) is 0. The van der Waals surface area contributed by atoms with Crippen LogP contribution in [-0.4, -0.2) is 37.9 Å². The van der Waals surface area contributed by atoms with Crippen LogP contribution in [0.25, 0.3) is 0 Å². The third-order valence-electron chi connectivity index (χ3n) is 1.91. The molecule has 98 valence electrons. The van der Waals surface area contributed by atoms with E-state index in [0.29, 0.717) is 3.93 Å². The average molecular weight is 339 g/mol. The SMILES string of the molecule is CC(C)[O][Sn]([O]C(C)C)([O]C(C)C)[CH](C)C. The molecule has 0 aliphatic rings. The molecular formula is C12H28O3Sn. The van der Waals surface area contributed by atoms with Crippen LogP contribution in [0.3, 0.4) is 0 Å². The quantitative estimate of drug-likeness (QED) is 0.664. The molecule has 0 radical (unpaired) electrons. The van der Waals surface area contributed by atoms with Crippen LogP contribution in [0.15, 0.2) is 0 Å². The first-order valence-corrected chi connectivity index (χ1v) is 11.4. The van der Waals surface area contributed by atoms with Crippen molar-refractivity contribution in [1.29, 1.82) is 0 Å². The van der Waals surface area contributed by atoms with Crippen molar-refractivity contribution >= 4 is 19.6 Å². The molecule has 0 bridgehead atoms. The molecule has 16 heavy (non-hydrogen) atoms. The van der Waals surface area contributed by atoms with Crippen LogP contribution in [0.2, 0.25) is 3.93 Å². The van der Waals surface area contributed by atoms with Crippen LogP contribution in [0.5, 0.6) is 0 Å². The van der Waals surface area contributed by atoms with Gasteiger partial charge in [-0.1, -0.05) is 0 Å². The van der Waals surface area contributed by atoms with Gasteiger partial charge < -0.3 is 0 Å². The summed E-state index contributed by atoms with van der Waals surface area (Å²) in [5.74, 6) is 0. The van der Waals surface area contributed by atoms with E-state index in [1.807, 2.05) is 41.5 Å². The molecule has 0 heterocycles. The Morgan fingerprint density at radius 3 is 0.938 bits per heavy atom. The number of rotatable bonds is 7. The first kappa shape index (κ1) is 16.7. The van der Waals surface area contributed by atoms with Crippen molar-refractivity contribution in [2.24, 2.45) is 0 Å². The molecule has 0 N–H and O–H groups in total. The van der Waals surface area contributed by atoms with E-state index in [9.17, 15) is 0 Å². The van der Waals surface area contributed by atoms with Gasteiger partial charge in [-0.05, 0) is 0 Å². The van der Waals surface area contributed by atoms with E-state index in [-0.39, 0.29) is 18.3 Å². The van der Waals surface area contributed by atoms with Crippen molar-refractivity contribution in [3.63, 3.8) is 0 Å². The molecule has 0 aromatic rings. The summed E-state index contributed by atoms with van der Waals surface area (Å²) in [5, 5.41) is 0. The third-order valence-corrected chi connectivity index (χ3v) is 12.8. The molecule has 0 saturated heterocycles. The monoisotopic (exact) mass is 340 g/mol. The second-order valence-corrected chi connectivity index (χ2v) is 14.0. The molecule has 3 nitrogen and oxygen atoms in total. The summed E-state index contributed by atoms with van der Waals surface area (Å²) in [4.78, 5) is 0. The normalized spacial score (nSPS) is 13.5. The fraction of sp³-hybridized carbons (Fsp3) is 1.00. The summed E-state index contributed by atoms with van der Waals surface area (Å²) >= 11 is -3.40. The van der Waals surface area contributed by atoms with Gasteiger partial charge in [-0.25, -0.2) is 0 Å². The molecule has 0 aromatic heterocycles. The van der Waals surface area contributed by atoms with E-state index in [1.165, 1.54) is 0 Å². The van der Waals surface area contributed by atoms with E-state index in [4.69, 9.17) is 9.22 Å². The maximum atomic E-state index is 6.09. The summed E-state index contributed by atoms with van der Waals surface area (Å²) in [6, 6.07) is 0. The molecule has 0 spiro atoms. The van der Waals surface area contributed by atoms with Crippen molar-refractivity contribution in [2.45, 2.75) is 77.6 Å². The van der Waals surface area contributed by atoms with E-state index in [0.717, 1.165) is 0 Å². The van der Waals surface area contributed by atoms with Crippen LogP contribution in [-0.2, 0) is 9.22 Å². The predicted octanol–water partition coefficient (Wildman–Crippen LogP) is 3.61. The summed E-state index contributed by atoms with van der Waals surface area (Å²) in [6.45, 7) is 16.5. The van der Waals surface area contributed by atoms with Crippen LogP contribution in [0.1, 0.15) is 55.4 Å². The Balaban J connectivity index is 4.88. The summed E-state index contributed by atoms with van der Waals surface area (Å²) in [6.07, 6.45) is 0.488. The van der Waals surface area contributed by atoms with Gasteiger partial charge in [0, 0.05) is 0 Å². The van der Waals surface area contributed by atoms with Gasteiger partial charge in [0.2, 0.25) is 0 Å². The van der Waals surface area contributed by atoms with Gasteiger partial charge in [0.1, 0.15) is 0 Å². The first-order chi connectivity index (χ1) is 7.19. The average Bonchev–Trinajstić information content (AvgIpc) is 1.98. The number of hydrogen-bond acceptors (Lipinski definition) is 3.